The van der Waals surface area contributed by atoms with E-state index in [2.05, 4.69) is 173 Å². The molecular weight excluding hydrogens is 1150 g/mol. The standard InChI is InChI=1S/C78H91N11O4/c1-4-7-10-18-28-59-38-46-66(47-39-59)85(67-48-42-61(43-49-67)30-20-12-13-27-54-90-55-70-56-91-70)77-83-81-75(88(77)64-33-23-15-24-34-64)73-79-80-74(87(73)63-31-21-14-22-32-63)76-82-84-78(89(76)65-35-25-16-26-36-65)86(68-50-40-60(41-51-68)29-19-11-8-5-2)69-52-44-62(45-53-69)72(37-17-9-6-3)93-58-71-57-92-71/h14-16,21-26,31-36,38-53,70-72H,4-13,17-20,27-30,37,54-58H2,1-3H3. The summed E-state index contributed by atoms with van der Waals surface area (Å²) in [6, 6.07) is 66.5. The van der Waals surface area contributed by atoms with Gasteiger partial charge in [-0.15, -0.1) is 30.6 Å². The monoisotopic (exact) mass is 1250 g/mol. The predicted octanol–water partition coefficient (Wildman–Crippen LogP) is 18.5. The molecule has 15 nitrogen and oxygen atoms in total. The van der Waals surface area contributed by atoms with Crippen LogP contribution in [0.25, 0.3) is 40.4 Å². The van der Waals surface area contributed by atoms with Crippen LogP contribution in [0, 0.1) is 0 Å². The molecule has 0 radical (unpaired) electrons. The van der Waals surface area contributed by atoms with Crippen LogP contribution >= 0.6 is 0 Å². The first-order chi connectivity index (χ1) is 46.0. The minimum Gasteiger partial charge on any atom is -0.379 e. The maximum absolute atomic E-state index is 6.58. The van der Waals surface area contributed by atoms with Crippen LogP contribution in [0.1, 0.15) is 152 Å². The molecule has 2 saturated heterocycles. The Hall–Kier alpha value is -8.60. The fourth-order valence-corrected chi connectivity index (χ4v) is 12.3. The zero-order valence-corrected chi connectivity index (χ0v) is 54.7. The third-order valence-electron chi connectivity index (χ3n) is 17.7. The topological polar surface area (TPSA) is 142 Å². The molecule has 7 aromatic carbocycles. The number of aryl methyl sites for hydroxylation is 3. The Labute approximate surface area is 549 Å². The Morgan fingerprint density at radius 2 is 0.742 bits per heavy atom. The van der Waals surface area contributed by atoms with Crippen LogP contribution in [0.2, 0.25) is 0 Å². The number of hydrogen-bond donors (Lipinski definition) is 0. The van der Waals surface area contributed by atoms with Gasteiger partial charge < -0.3 is 18.9 Å². The summed E-state index contributed by atoms with van der Waals surface area (Å²) in [5.41, 5.74) is 11.4. The second kappa shape index (κ2) is 32.8. The van der Waals surface area contributed by atoms with Gasteiger partial charge >= 0.3 is 0 Å². The molecule has 2 fully saturated rings. The smallest absolute Gasteiger partial charge is 0.241 e. The summed E-state index contributed by atoms with van der Waals surface area (Å²) in [7, 11) is 0. The number of para-hydroxylation sites is 3. The van der Waals surface area contributed by atoms with Gasteiger partial charge in [-0.3, -0.25) is 23.5 Å². The number of nitrogens with zero attached hydrogens (tertiary/aromatic N) is 11. The minimum absolute atomic E-state index is 0.0438. The van der Waals surface area contributed by atoms with Gasteiger partial charge in [0.15, 0.2) is 0 Å². The van der Waals surface area contributed by atoms with Crippen molar-refractivity contribution < 1.29 is 18.9 Å². The average Bonchev–Trinajstić information content (AvgIpc) is 1.61. The highest BCUT2D eigenvalue weighted by Crippen LogP contribution is 2.42. The van der Waals surface area contributed by atoms with Crippen LogP contribution < -0.4 is 9.80 Å². The molecule has 12 rings (SSSR count). The van der Waals surface area contributed by atoms with E-state index in [1.54, 1.807) is 0 Å². The summed E-state index contributed by atoms with van der Waals surface area (Å²) in [5, 5.41) is 31.0. The number of aromatic nitrogens is 9. The van der Waals surface area contributed by atoms with E-state index < -0.39 is 0 Å². The van der Waals surface area contributed by atoms with Crippen LogP contribution in [0.4, 0.5) is 34.6 Å². The van der Waals surface area contributed by atoms with Crippen molar-refractivity contribution in [2.24, 2.45) is 0 Å². The Morgan fingerprint density at radius 1 is 0.387 bits per heavy atom. The second-order valence-electron chi connectivity index (χ2n) is 24.9. The quantitative estimate of drug-likeness (QED) is 0.0268. The molecule has 0 amide bonds. The van der Waals surface area contributed by atoms with Gasteiger partial charge in [0.2, 0.25) is 35.2 Å². The first-order valence-corrected chi connectivity index (χ1v) is 34.5. The third-order valence-corrected chi connectivity index (χ3v) is 17.7. The van der Waals surface area contributed by atoms with Crippen molar-refractivity contribution >= 4 is 34.6 Å². The van der Waals surface area contributed by atoms with Gasteiger partial charge in [0.05, 0.1) is 43.9 Å². The Bertz CT molecular complexity index is 3830. The molecule has 3 aromatic heterocycles. The molecule has 3 atom stereocenters. The zero-order chi connectivity index (χ0) is 63.4. The van der Waals surface area contributed by atoms with Gasteiger partial charge in [-0.2, -0.15) is 0 Å². The van der Waals surface area contributed by atoms with E-state index in [-0.39, 0.29) is 12.2 Å². The van der Waals surface area contributed by atoms with Crippen molar-refractivity contribution in [3.8, 4) is 40.4 Å². The maximum Gasteiger partial charge on any atom is 0.241 e. The van der Waals surface area contributed by atoms with E-state index in [0.29, 0.717) is 54.5 Å². The summed E-state index contributed by atoms with van der Waals surface area (Å²) in [4.78, 5) is 4.42. The molecule has 10 aromatic rings. The highest BCUT2D eigenvalue weighted by molar-refractivity contribution is 5.78. The summed E-state index contributed by atoms with van der Waals surface area (Å²) in [6.07, 6.45) is 22.0. The molecule has 482 valence electrons. The van der Waals surface area contributed by atoms with Crippen LogP contribution in [-0.2, 0) is 38.2 Å². The first kappa shape index (κ1) is 64.5. The Morgan fingerprint density at radius 3 is 1.16 bits per heavy atom. The summed E-state index contributed by atoms with van der Waals surface area (Å²) in [5.74, 6) is 3.08. The average molecular weight is 1250 g/mol. The van der Waals surface area contributed by atoms with Gasteiger partial charge in [0, 0.05) is 35.0 Å². The lowest BCUT2D eigenvalue weighted by Crippen LogP contribution is -2.17. The van der Waals surface area contributed by atoms with E-state index in [0.717, 1.165) is 149 Å². The SMILES string of the molecule is CCCCCCc1ccc(N(c2ccc(CCCCCCOCC3CO3)cc2)c2nnc(-c3nnc(-c4nnc(N(c5ccc(CCCCCC)cc5)c5ccc(C(CCCCC)OCC6CO6)cc5)n4-c4ccccc4)n3-c3ccccc3)n2-c2ccccc2)cc1. The molecule has 5 heterocycles. The number of anilines is 6. The van der Waals surface area contributed by atoms with Gasteiger partial charge in [-0.1, -0.05) is 195 Å². The second-order valence-corrected chi connectivity index (χ2v) is 24.9. The van der Waals surface area contributed by atoms with Crippen molar-refractivity contribution in [2.75, 3.05) is 42.8 Å². The third kappa shape index (κ3) is 16.8. The van der Waals surface area contributed by atoms with E-state index in [1.807, 2.05) is 59.2 Å². The number of rotatable bonds is 38. The van der Waals surface area contributed by atoms with E-state index in [4.69, 9.17) is 49.5 Å². The van der Waals surface area contributed by atoms with Crippen molar-refractivity contribution in [1.82, 2.24) is 44.3 Å². The van der Waals surface area contributed by atoms with E-state index in [9.17, 15) is 0 Å². The van der Waals surface area contributed by atoms with Crippen molar-refractivity contribution in [2.45, 2.75) is 161 Å². The molecule has 3 unspecified atom stereocenters. The summed E-state index contributed by atoms with van der Waals surface area (Å²) >= 11 is 0. The fourth-order valence-electron chi connectivity index (χ4n) is 12.3. The minimum atomic E-state index is -0.0438. The number of epoxide rings is 2. The highest BCUT2D eigenvalue weighted by atomic mass is 16.6. The normalized spacial score (nSPS) is 14.6. The van der Waals surface area contributed by atoms with Crippen LogP contribution in [-0.4, -0.2) is 89.5 Å². The van der Waals surface area contributed by atoms with Crippen molar-refractivity contribution in [1.29, 1.82) is 0 Å². The maximum atomic E-state index is 6.58. The molecule has 2 aliphatic rings. The van der Waals surface area contributed by atoms with Crippen LogP contribution in [0.3, 0.4) is 0 Å². The largest absolute Gasteiger partial charge is 0.379 e. The molecule has 93 heavy (non-hydrogen) atoms. The van der Waals surface area contributed by atoms with Crippen molar-refractivity contribution in [3.05, 3.63) is 210 Å². The van der Waals surface area contributed by atoms with Gasteiger partial charge in [-0.25, -0.2) is 0 Å². The lowest BCUT2D eigenvalue weighted by molar-refractivity contribution is 0.0347. The molecule has 0 N–H and O–H groups in total. The van der Waals surface area contributed by atoms with Gasteiger partial charge in [0.1, 0.15) is 12.2 Å². The lowest BCUT2D eigenvalue weighted by Gasteiger charge is -2.26. The van der Waals surface area contributed by atoms with Crippen LogP contribution in [0.15, 0.2) is 188 Å². The lowest BCUT2D eigenvalue weighted by atomic mass is 10.0. The molecule has 0 aliphatic carbocycles. The zero-order valence-electron chi connectivity index (χ0n) is 54.7. The van der Waals surface area contributed by atoms with Gasteiger partial charge in [0.25, 0.3) is 0 Å². The van der Waals surface area contributed by atoms with E-state index in [1.165, 1.54) is 55.2 Å². The number of unbranched alkanes of at least 4 members (excludes halogenated alkanes) is 11. The Kier molecular flexibility index (Phi) is 22.7. The number of ether oxygens (including phenoxy) is 4. The summed E-state index contributed by atoms with van der Waals surface area (Å²) in [6.45, 7) is 10.5. The number of benzene rings is 7. The molecule has 0 bridgehead atoms. The van der Waals surface area contributed by atoms with Crippen molar-refractivity contribution in [3.63, 3.8) is 0 Å². The fraction of sp³-hybridized carbons (Fsp3) is 0.385. The van der Waals surface area contributed by atoms with Crippen LogP contribution in [0.5, 0.6) is 0 Å². The molecule has 15 heteroatoms. The molecular formula is C78H91N11O4. The highest BCUT2D eigenvalue weighted by Gasteiger charge is 2.33. The number of hydrogen-bond acceptors (Lipinski definition) is 12. The van der Waals surface area contributed by atoms with E-state index >= 15 is 0 Å². The van der Waals surface area contributed by atoms with Gasteiger partial charge in [-0.05, 0) is 159 Å². The Balaban J connectivity index is 0.955. The predicted molar refractivity (Wildman–Crippen MR) is 372 cm³/mol. The molecule has 2 aliphatic heterocycles. The first-order valence-electron chi connectivity index (χ1n) is 34.5. The molecule has 0 spiro atoms. The molecule has 0 saturated carbocycles. The summed E-state index contributed by atoms with van der Waals surface area (Å²) < 4.78 is 29.5.